The maximum atomic E-state index is 12.3. The highest BCUT2D eigenvalue weighted by Gasteiger charge is 2.27. The van der Waals surface area contributed by atoms with Gasteiger partial charge >= 0.3 is 0 Å². The molecule has 1 fully saturated rings. The lowest BCUT2D eigenvalue weighted by Crippen LogP contribution is -2.13. The number of Topliss-reactive ketones (excluding diaryl/α,β-unsaturated/α-hetero) is 1. The van der Waals surface area contributed by atoms with Crippen LogP contribution in [-0.4, -0.2) is 28.5 Å². The van der Waals surface area contributed by atoms with Crippen LogP contribution in [0.1, 0.15) is 73.2 Å². The topological polar surface area (TPSA) is 81.2 Å². The highest BCUT2D eigenvalue weighted by atomic mass is 32.1. The fourth-order valence-corrected chi connectivity index (χ4v) is 3.54. The first-order valence-electron chi connectivity index (χ1n) is 9.55. The number of anilines is 1. The van der Waals surface area contributed by atoms with E-state index in [2.05, 4.69) is 22.4 Å². The van der Waals surface area contributed by atoms with Crippen LogP contribution in [0.5, 0.6) is 5.75 Å². The molecular formula is C20H25N3O3S. The first-order valence-corrected chi connectivity index (χ1v) is 10.4. The predicted octanol–water partition coefficient (Wildman–Crippen LogP) is 4.59. The summed E-state index contributed by atoms with van der Waals surface area (Å²) in [5.74, 6) is 1.02. The number of rotatable bonds is 11. The van der Waals surface area contributed by atoms with Gasteiger partial charge in [-0.3, -0.25) is 9.59 Å². The average Bonchev–Trinajstić information content (AvgIpc) is 3.43. The molecule has 1 saturated carbocycles. The Balaban J connectivity index is 1.40. The number of hydrogen-bond donors (Lipinski definition) is 1. The molecule has 1 amide bonds. The van der Waals surface area contributed by atoms with Crippen LogP contribution in [0.2, 0.25) is 0 Å². The first-order chi connectivity index (χ1) is 13.2. The number of hydrogen-bond acceptors (Lipinski definition) is 6. The van der Waals surface area contributed by atoms with Gasteiger partial charge in [-0.2, -0.15) is 0 Å². The third-order valence-electron chi connectivity index (χ3n) is 4.39. The zero-order chi connectivity index (χ0) is 19.1. The van der Waals surface area contributed by atoms with Crippen molar-refractivity contribution in [2.75, 3.05) is 11.9 Å². The number of ether oxygens (including phenoxy) is 1. The van der Waals surface area contributed by atoms with E-state index >= 15 is 0 Å². The van der Waals surface area contributed by atoms with Gasteiger partial charge in [-0.1, -0.05) is 31.1 Å². The second-order valence-electron chi connectivity index (χ2n) is 6.77. The molecule has 7 heteroatoms. The van der Waals surface area contributed by atoms with E-state index < -0.39 is 0 Å². The summed E-state index contributed by atoms with van der Waals surface area (Å²) in [6.45, 7) is 2.84. The fourth-order valence-electron chi connectivity index (χ4n) is 2.61. The molecule has 6 nitrogen and oxygen atoms in total. The largest absolute Gasteiger partial charge is 0.494 e. The van der Waals surface area contributed by atoms with E-state index in [0.29, 0.717) is 23.2 Å². The quantitative estimate of drug-likeness (QED) is 0.451. The van der Waals surface area contributed by atoms with Crippen molar-refractivity contribution in [1.82, 2.24) is 10.2 Å². The number of ketones is 1. The smallest absolute Gasteiger partial charge is 0.226 e. The summed E-state index contributed by atoms with van der Waals surface area (Å²) in [4.78, 5) is 24.3. The lowest BCUT2D eigenvalue weighted by Gasteiger charge is -2.06. The summed E-state index contributed by atoms with van der Waals surface area (Å²) in [6, 6.07) is 7.11. The Morgan fingerprint density at radius 1 is 1.15 bits per heavy atom. The number of carbonyl (C=O) groups is 2. The van der Waals surface area contributed by atoms with Crippen molar-refractivity contribution in [2.24, 2.45) is 0 Å². The van der Waals surface area contributed by atoms with Gasteiger partial charge in [0.1, 0.15) is 10.8 Å². The molecule has 3 rings (SSSR count). The zero-order valence-electron chi connectivity index (χ0n) is 15.6. The second-order valence-corrected chi connectivity index (χ2v) is 7.78. The van der Waals surface area contributed by atoms with Crippen LogP contribution in [0.15, 0.2) is 24.3 Å². The Bertz CT molecular complexity index is 769. The Hall–Kier alpha value is -2.28. The van der Waals surface area contributed by atoms with E-state index in [-0.39, 0.29) is 24.5 Å². The third kappa shape index (κ3) is 6.13. The second kappa shape index (κ2) is 9.60. The Morgan fingerprint density at radius 2 is 1.93 bits per heavy atom. The summed E-state index contributed by atoms with van der Waals surface area (Å²) in [6.07, 6.45) is 5.94. The van der Waals surface area contributed by atoms with E-state index in [1.807, 2.05) is 0 Å². The molecule has 27 heavy (non-hydrogen) atoms. The number of unbranched alkanes of at least 4 members (excludes halogenated alkanes) is 2. The van der Waals surface area contributed by atoms with Crippen molar-refractivity contribution in [1.29, 1.82) is 0 Å². The van der Waals surface area contributed by atoms with Gasteiger partial charge in [0.15, 0.2) is 5.78 Å². The van der Waals surface area contributed by atoms with Crippen molar-refractivity contribution < 1.29 is 14.3 Å². The maximum absolute atomic E-state index is 12.3. The minimum absolute atomic E-state index is 0.0568. The van der Waals surface area contributed by atoms with Gasteiger partial charge in [0.25, 0.3) is 0 Å². The maximum Gasteiger partial charge on any atom is 0.226 e. The standard InChI is InChI=1S/C20H25N3O3S/c1-2-3-4-13-26-16-9-7-14(8-10-16)17(24)11-12-18(25)21-20-23-22-19(27-20)15-5-6-15/h7-10,15H,2-6,11-13H2,1H3,(H,21,23,25). The van der Waals surface area contributed by atoms with E-state index in [9.17, 15) is 9.59 Å². The minimum Gasteiger partial charge on any atom is -0.494 e. The number of benzene rings is 1. The normalized spacial score (nSPS) is 13.4. The van der Waals surface area contributed by atoms with Gasteiger partial charge in [0, 0.05) is 24.3 Å². The molecule has 1 heterocycles. The Labute approximate surface area is 163 Å². The molecule has 1 aromatic heterocycles. The number of aromatic nitrogens is 2. The summed E-state index contributed by atoms with van der Waals surface area (Å²) in [5, 5.41) is 12.3. The number of nitrogens with zero attached hydrogens (tertiary/aromatic N) is 2. The van der Waals surface area contributed by atoms with Gasteiger partial charge in [-0.05, 0) is 43.5 Å². The molecule has 0 atom stereocenters. The van der Waals surface area contributed by atoms with Crippen LogP contribution in [0, 0.1) is 0 Å². The van der Waals surface area contributed by atoms with Gasteiger partial charge in [0.2, 0.25) is 11.0 Å². The van der Waals surface area contributed by atoms with Gasteiger partial charge in [-0.15, -0.1) is 10.2 Å². The average molecular weight is 388 g/mol. The number of nitrogens with one attached hydrogen (secondary N) is 1. The molecule has 0 saturated heterocycles. The van der Waals surface area contributed by atoms with Gasteiger partial charge in [0.05, 0.1) is 6.61 Å². The molecule has 0 spiro atoms. The predicted molar refractivity (Wildman–Crippen MR) is 106 cm³/mol. The fraction of sp³-hybridized carbons (Fsp3) is 0.500. The molecule has 1 N–H and O–H groups in total. The molecule has 1 aliphatic rings. The molecule has 0 aliphatic heterocycles. The van der Waals surface area contributed by atoms with E-state index in [0.717, 1.165) is 42.9 Å². The van der Waals surface area contributed by atoms with Crippen LogP contribution in [0.3, 0.4) is 0 Å². The molecule has 144 valence electrons. The molecule has 0 radical (unpaired) electrons. The highest BCUT2D eigenvalue weighted by molar-refractivity contribution is 7.15. The Morgan fingerprint density at radius 3 is 2.63 bits per heavy atom. The van der Waals surface area contributed by atoms with Crippen LogP contribution >= 0.6 is 11.3 Å². The first kappa shape index (κ1) is 19.5. The van der Waals surface area contributed by atoms with Crippen molar-refractivity contribution in [3.8, 4) is 5.75 Å². The van der Waals surface area contributed by atoms with Gasteiger partial charge < -0.3 is 10.1 Å². The number of amides is 1. The van der Waals surface area contributed by atoms with Crippen molar-refractivity contribution in [2.45, 2.75) is 57.8 Å². The molecule has 1 aliphatic carbocycles. The van der Waals surface area contributed by atoms with Crippen molar-refractivity contribution in [3.05, 3.63) is 34.8 Å². The zero-order valence-corrected chi connectivity index (χ0v) is 16.4. The van der Waals surface area contributed by atoms with Crippen LogP contribution in [0.4, 0.5) is 5.13 Å². The summed E-state index contributed by atoms with van der Waals surface area (Å²) < 4.78 is 5.64. The molecular weight excluding hydrogens is 362 g/mol. The van der Waals surface area contributed by atoms with Gasteiger partial charge in [-0.25, -0.2) is 0 Å². The lowest BCUT2D eigenvalue weighted by molar-refractivity contribution is -0.116. The molecule has 0 bridgehead atoms. The monoisotopic (exact) mass is 387 g/mol. The van der Waals surface area contributed by atoms with Crippen LogP contribution in [0.25, 0.3) is 0 Å². The van der Waals surface area contributed by atoms with Crippen LogP contribution < -0.4 is 10.1 Å². The highest BCUT2D eigenvalue weighted by Crippen LogP contribution is 2.42. The molecule has 1 aromatic carbocycles. The molecule has 0 unspecified atom stereocenters. The summed E-state index contributed by atoms with van der Waals surface area (Å²) >= 11 is 1.42. The third-order valence-corrected chi connectivity index (χ3v) is 5.39. The van der Waals surface area contributed by atoms with E-state index in [1.165, 1.54) is 11.3 Å². The van der Waals surface area contributed by atoms with E-state index in [1.54, 1.807) is 24.3 Å². The number of carbonyl (C=O) groups excluding carboxylic acids is 2. The summed E-state index contributed by atoms with van der Waals surface area (Å²) in [7, 11) is 0. The van der Waals surface area contributed by atoms with Crippen LogP contribution in [-0.2, 0) is 4.79 Å². The Kier molecular flexibility index (Phi) is 6.92. The summed E-state index contributed by atoms with van der Waals surface area (Å²) in [5.41, 5.74) is 0.593. The van der Waals surface area contributed by atoms with E-state index in [4.69, 9.17) is 4.74 Å². The van der Waals surface area contributed by atoms with Crippen molar-refractivity contribution in [3.63, 3.8) is 0 Å². The molecule has 2 aromatic rings. The SMILES string of the molecule is CCCCCOc1ccc(C(=O)CCC(=O)Nc2nnc(C3CC3)s2)cc1. The van der Waals surface area contributed by atoms with Crippen molar-refractivity contribution >= 4 is 28.2 Å². The minimum atomic E-state index is -0.210. The lowest BCUT2D eigenvalue weighted by atomic mass is 10.1.